The molecule has 0 aliphatic heterocycles. The molecule has 0 bridgehead atoms. The number of aliphatic hydroxyl groups excluding tert-OH is 1. The Bertz CT molecular complexity index is 1980. The van der Waals surface area contributed by atoms with E-state index in [-0.39, 0.29) is 49.0 Å². The van der Waals surface area contributed by atoms with Gasteiger partial charge in [-0.2, -0.15) is 5.26 Å². The Labute approximate surface area is 354 Å². The Morgan fingerprint density at radius 1 is 0.750 bits per heavy atom. The number of hydrogen-bond donors (Lipinski definition) is 8. The van der Waals surface area contributed by atoms with Crippen LogP contribution < -0.4 is 38.9 Å². The molecule has 2 aromatic rings. The van der Waals surface area contributed by atoms with Gasteiger partial charge in [-0.1, -0.05) is 10.3 Å². The molecule has 21 nitrogen and oxygen atoms in total. The summed E-state index contributed by atoms with van der Waals surface area (Å²) >= 11 is 0. The van der Waals surface area contributed by atoms with Crippen molar-refractivity contribution < 1.29 is 42.7 Å². The van der Waals surface area contributed by atoms with Crippen molar-refractivity contribution in [3.05, 3.63) is 44.7 Å². The lowest BCUT2D eigenvalue weighted by Gasteiger charge is -2.22. The number of aliphatic hydroxyl groups is 1. The van der Waals surface area contributed by atoms with Crippen molar-refractivity contribution in [2.45, 2.75) is 129 Å². The predicted octanol–water partition coefficient (Wildman–Crippen LogP) is 3.45. The molecule has 60 heavy (non-hydrogen) atoms. The maximum absolute atomic E-state index is 11.6. The third kappa shape index (κ3) is 29.3. The number of nitrogens with one attached hydrogen (secondary N) is 5. The van der Waals surface area contributed by atoms with E-state index in [2.05, 4.69) is 69.0 Å². The Morgan fingerprint density at radius 3 is 1.50 bits per heavy atom. The zero-order valence-electron chi connectivity index (χ0n) is 35.0. The highest BCUT2D eigenvalue weighted by Crippen LogP contribution is 2.13. The van der Waals surface area contributed by atoms with Gasteiger partial charge in [0.15, 0.2) is 11.6 Å². The van der Waals surface area contributed by atoms with Crippen molar-refractivity contribution in [1.29, 1.82) is 5.26 Å². The first kappa shape index (κ1) is 57.3. The maximum atomic E-state index is 11.6. The van der Waals surface area contributed by atoms with Crippen LogP contribution >= 0.6 is 12.4 Å². The molecule has 0 aromatic carbocycles. The molecule has 0 spiro atoms. The number of carbonyl (C=O) groups is 3. The number of alkyl carbamates (subject to hydrolysis) is 3. The summed E-state index contributed by atoms with van der Waals surface area (Å²) in [6.45, 7) is 15.7. The van der Waals surface area contributed by atoms with Gasteiger partial charge in [0.2, 0.25) is 0 Å². The smallest absolute Gasteiger partial charge is 0.438 e. The van der Waals surface area contributed by atoms with Crippen molar-refractivity contribution >= 4 is 30.7 Å². The molecule has 0 saturated carbocycles. The van der Waals surface area contributed by atoms with E-state index in [1.165, 1.54) is 0 Å². The number of ether oxygens (including phenoxy) is 3. The van der Waals surface area contributed by atoms with Gasteiger partial charge < -0.3 is 46.7 Å². The molecule has 3 amide bonds. The van der Waals surface area contributed by atoms with Crippen LogP contribution in [-0.4, -0.2) is 72.6 Å². The number of nitrogens with zero attached hydrogens (tertiary/aromatic N) is 3. The zero-order valence-corrected chi connectivity index (χ0v) is 35.8. The molecule has 2 heterocycles. The highest BCUT2D eigenvalue weighted by molar-refractivity contribution is 5.85. The number of halogens is 1. The second-order valence-electron chi connectivity index (χ2n) is 14.6. The molecule has 0 aliphatic carbocycles. The van der Waals surface area contributed by atoms with Crippen LogP contribution in [0.1, 0.15) is 112 Å². The Morgan fingerprint density at radius 2 is 1.15 bits per heavy atom. The number of nitrogens with two attached hydrogens (primary N) is 2. The second-order valence-corrected chi connectivity index (χ2v) is 14.6. The molecule has 0 fully saturated rings. The summed E-state index contributed by atoms with van der Waals surface area (Å²) in [5.41, 5.74) is 9.24. The molecule has 0 saturated heterocycles. The van der Waals surface area contributed by atoms with Gasteiger partial charge >= 0.3 is 29.8 Å². The summed E-state index contributed by atoms with van der Waals surface area (Å²) < 4.78 is 23.6. The summed E-state index contributed by atoms with van der Waals surface area (Å²) in [5, 5.41) is 31.5. The van der Waals surface area contributed by atoms with E-state index in [9.17, 15) is 24.0 Å². The predicted molar refractivity (Wildman–Crippen MR) is 221 cm³/mol. The number of aromatic amines is 2. The van der Waals surface area contributed by atoms with Crippen LogP contribution in [0.3, 0.4) is 0 Å². The lowest BCUT2D eigenvalue weighted by molar-refractivity contribution is 0.0493. The van der Waals surface area contributed by atoms with Gasteiger partial charge in [0.05, 0.1) is 23.8 Å². The number of terminal acetylenes is 4. The number of H-pyrrole nitrogens is 2. The van der Waals surface area contributed by atoms with Gasteiger partial charge in [-0.05, 0) is 62.3 Å². The number of hydrogen-bond acceptors (Lipinski definition) is 16. The lowest BCUT2D eigenvalue weighted by atomic mass is 10.1. The highest BCUT2D eigenvalue weighted by Gasteiger charge is 2.23. The van der Waals surface area contributed by atoms with Crippen molar-refractivity contribution in [3.8, 4) is 55.4 Å². The van der Waals surface area contributed by atoms with Crippen LogP contribution in [0.25, 0.3) is 0 Å². The van der Waals surface area contributed by atoms with Gasteiger partial charge in [-0.3, -0.25) is 19.0 Å². The number of rotatable bonds is 10. The molecule has 2 rings (SSSR count). The summed E-state index contributed by atoms with van der Waals surface area (Å²) in [4.78, 5) is 60.0. The minimum absolute atomic E-state index is 0. The molecule has 330 valence electrons. The third-order valence-electron chi connectivity index (χ3n) is 5.68. The topological polar surface area (TPSA) is 329 Å². The minimum Gasteiger partial charge on any atom is -0.514 e. The van der Waals surface area contributed by atoms with Crippen molar-refractivity contribution in [2.75, 3.05) is 0 Å². The summed E-state index contributed by atoms with van der Waals surface area (Å²) in [6.07, 6.45) is 20.0. The van der Waals surface area contributed by atoms with Crippen LogP contribution in [-0.2, 0) is 14.2 Å². The summed E-state index contributed by atoms with van der Waals surface area (Å²) in [5.74, 6) is 8.47. The standard InChI is InChI=1S/C11H15N3O4.C11H18N2O3.C10H14N2O2.C6H7N3O2.ClH/c1-5-6-7(8-13-10(16)18-14-8)12-9(15)17-11(2,3)4;1-5-6-9(8(12)7-14)13-10(15)16-11(2,3)4;1-5-6-8(7-11)12-9(13)14-10(2,3)4;1-2-3-4(7)5-8-6(10)11-9-5;/h1,7H,6H2,2-4H3,(H,12,15)(H,13,14,16);1,7,9,14H,6,12H2,2-4H3,(H,13,15);1,8H,6H2,2-4H3,(H,12,13);1,4H,3,7H2,(H,8,9,10);1H/b;8-7-;;;/t7-;9-;8-;4-;/m0000./s1. The molecule has 10 N–H and O–H groups in total. The van der Waals surface area contributed by atoms with Gasteiger partial charge in [-0.15, -0.1) is 61.8 Å². The van der Waals surface area contributed by atoms with Crippen molar-refractivity contribution in [3.63, 3.8) is 0 Å². The molecule has 4 atom stereocenters. The van der Waals surface area contributed by atoms with Crippen LogP contribution in [0, 0.1) is 60.7 Å². The van der Waals surface area contributed by atoms with E-state index in [0.29, 0.717) is 12.7 Å². The van der Waals surface area contributed by atoms with Gasteiger partial charge in [0, 0.05) is 25.7 Å². The number of carbonyl (C=O) groups excluding carboxylic acids is 3. The maximum Gasteiger partial charge on any atom is 0.438 e. The molecule has 22 heteroatoms. The quantitative estimate of drug-likeness (QED) is 0.0963. The first-order chi connectivity index (χ1) is 27.2. The fraction of sp³-hybridized carbons (Fsp3) is 0.526. The molecular formula is C38H55ClN10O11. The van der Waals surface area contributed by atoms with Crippen LogP contribution in [0.2, 0.25) is 0 Å². The zero-order chi connectivity index (χ0) is 46.0. The normalized spacial score (nSPS) is 12.5. The molecule has 0 aliphatic rings. The average molecular weight is 863 g/mol. The van der Waals surface area contributed by atoms with E-state index in [4.69, 9.17) is 61.7 Å². The fourth-order valence-corrected chi connectivity index (χ4v) is 3.41. The SMILES string of the molecule is C#CC[C@@H](C#N)NC(=O)OC(C)(C)C.C#CC[C@H](N)c1noc(=O)[nH]1.C#CC[C@H](NC(=O)OC(C)(C)C)/C(N)=C/O.C#CC[C@H](NC(=O)OC(C)(C)C)c1noc(=O)[nH]1.Cl. The Balaban J connectivity index is -0.000000728. The summed E-state index contributed by atoms with van der Waals surface area (Å²) in [7, 11) is 0. The second kappa shape index (κ2) is 28.4. The number of nitriles is 1. The van der Waals surface area contributed by atoms with Crippen molar-refractivity contribution in [1.82, 2.24) is 36.2 Å². The molecule has 0 radical (unpaired) electrons. The van der Waals surface area contributed by atoms with Gasteiger partial charge in [-0.25, -0.2) is 24.0 Å². The van der Waals surface area contributed by atoms with E-state index in [1.54, 1.807) is 62.3 Å². The molecule has 2 aromatic heterocycles. The first-order valence-electron chi connectivity index (χ1n) is 17.3. The number of amides is 3. The summed E-state index contributed by atoms with van der Waals surface area (Å²) in [6, 6.07) is -0.549. The molecular weight excluding hydrogens is 808 g/mol. The Kier molecular flexibility index (Phi) is 27.2. The van der Waals surface area contributed by atoms with Crippen LogP contribution in [0.5, 0.6) is 0 Å². The minimum atomic E-state index is -0.710. The van der Waals surface area contributed by atoms with E-state index in [1.807, 2.05) is 6.07 Å². The lowest BCUT2D eigenvalue weighted by Crippen LogP contribution is -2.41. The van der Waals surface area contributed by atoms with E-state index >= 15 is 0 Å². The fourth-order valence-electron chi connectivity index (χ4n) is 3.41. The third-order valence-corrected chi connectivity index (χ3v) is 5.68. The van der Waals surface area contributed by atoms with Gasteiger partial charge in [0.25, 0.3) is 0 Å². The largest absolute Gasteiger partial charge is 0.514 e. The Hall–Kier alpha value is -6.99. The average Bonchev–Trinajstić information content (AvgIpc) is 3.74. The van der Waals surface area contributed by atoms with Crippen molar-refractivity contribution in [2.24, 2.45) is 11.5 Å². The highest BCUT2D eigenvalue weighted by atomic mass is 35.5. The van der Waals surface area contributed by atoms with E-state index in [0.717, 1.165) is 0 Å². The van der Waals surface area contributed by atoms with Crippen LogP contribution in [0.4, 0.5) is 14.4 Å². The van der Waals surface area contributed by atoms with Gasteiger partial charge in [0.1, 0.15) is 35.1 Å². The monoisotopic (exact) mass is 862 g/mol. The number of aromatic nitrogens is 4. The van der Waals surface area contributed by atoms with E-state index < -0.39 is 70.8 Å². The van der Waals surface area contributed by atoms with Crippen LogP contribution in [0.15, 0.2) is 30.6 Å². The first-order valence-corrected chi connectivity index (χ1v) is 17.3. The molecule has 0 unspecified atom stereocenters.